The summed E-state index contributed by atoms with van der Waals surface area (Å²) in [6, 6.07) is 7.69. The first kappa shape index (κ1) is 15.2. The van der Waals surface area contributed by atoms with Crippen molar-refractivity contribution in [3.8, 4) is 5.75 Å². The van der Waals surface area contributed by atoms with E-state index >= 15 is 0 Å². The summed E-state index contributed by atoms with van der Waals surface area (Å²) < 4.78 is 5.84. The van der Waals surface area contributed by atoms with Crippen molar-refractivity contribution in [1.82, 2.24) is 4.98 Å². The summed E-state index contributed by atoms with van der Waals surface area (Å²) in [6.07, 6.45) is 3.45. The van der Waals surface area contributed by atoms with Crippen LogP contribution < -0.4 is 10.1 Å². The molecule has 0 spiro atoms. The molecule has 110 valence electrons. The molecule has 0 aliphatic carbocycles. The number of nitrogens with one attached hydrogen (secondary N) is 1. The highest BCUT2D eigenvalue weighted by atomic mass is 79.9. The predicted molar refractivity (Wildman–Crippen MR) is 83.8 cm³/mol. The molecule has 21 heavy (non-hydrogen) atoms. The maximum absolute atomic E-state index is 11.0. The van der Waals surface area contributed by atoms with Crippen LogP contribution in [0, 0.1) is 10.1 Å². The zero-order valence-electron chi connectivity index (χ0n) is 11.4. The molecule has 0 atom stereocenters. The SMILES string of the molecule is COc1ccccc1CCNc1c(Br)cncc1[N+](=O)[O-]. The number of aromatic nitrogens is 1. The summed E-state index contributed by atoms with van der Waals surface area (Å²) in [6.45, 7) is 0.545. The number of ether oxygens (including phenoxy) is 1. The number of anilines is 1. The topological polar surface area (TPSA) is 77.3 Å². The Balaban J connectivity index is 2.09. The molecular formula is C14H14BrN3O3. The quantitative estimate of drug-likeness (QED) is 0.637. The van der Waals surface area contributed by atoms with E-state index in [-0.39, 0.29) is 5.69 Å². The number of benzene rings is 1. The lowest BCUT2D eigenvalue weighted by atomic mass is 10.1. The summed E-state index contributed by atoms with van der Waals surface area (Å²) in [7, 11) is 1.62. The van der Waals surface area contributed by atoms with Crippen LogP contribution in [0.25, 0.3) is 0 Å². The number of rotatable bonds is 6. The summed E-state index contributed by atoms with van der Waals surface area (Å²) in [5.41, 5.74) is 1.43. The van der Waals surface area contributed by atoms with Crippen LogP contribution in [-0.4, -0.2) is 23.6 Å². The average Bonchev–Trinajstić information content (AvgIpc) is 2.49. The maximum Gasteiger partial charge on any atom is 0.311 e. The fourth-order valence-electron chi connectivity index (χ4n) is 1.97. The number of hydrogen-bond acceptors (Lipinski definition) is 5. The number of halogens is 1. The third-order valence-corrected chi connectivity index (χ3v) is 3.57. The van der Waals surface area contributed by atoms with Crippen LogP contribution in [0.1, 0.15) is 5.56 Å². The highest BCUT2D eigenvalue weighted by Crippen LogP contribution is 2.31. The van der Waals surface area contributed by atoms with E-state index in [0.29, 0.717) is 23.1 Å². The van der Waals surface area contributed by atoms with Crippen molar-refractivity contribution >= 4 is 27.3 Å². The minimum Gasteiger partial charge on any atom is -0.496 e. The molecule has 0 saturated heterocycles. The third-order valence-electron chi connectivity index (χ3n) is 2.97. The number of methoxy groups -OCH3 is 1. The molecule has 6 nitrogen and oxygen atoms in total. The van der Waals surface area contributed by atoms with Gasteiger partial charge in [0.05, 0.1) is 16.5 Å². The summed E-state index contributed by atoms with van der Waals surface area (Å²) in [5.74, 6) is 0.808. The summed E-state index contributed by atoms with van der Waals surface area (Å²) in [5, 5.41) is 14.1. The van der Waals surface area contributed by atoms with Crippen LogP contribution in [0.2, 0.25) is 0 Å². The van der Waals surface area contributed by atoms with Gasteiger partial charge in [0.15, 0.2) is 0 Å². The summed E-state index contributed by atoms with van der Waals surface area (Å²) in [4.78, 5) is 14.3. The van der Waals surface area contributed by atoms with Gasteiger partial charge in [-0.2, -0.15) is 0 Å². The third kappa shape index (κ3) is 3.69. The van der Waals surface area contributed by atoms with Crippen LogP contribution in [0.5, 0.6) is 5.75 Å². The first-order valence-electron chi connectivity index (χ1n) is 6.27. The van der Waals surface area contributed by atoms with Crippen molar-refractivity contribution in [2.45, 2.75) is 6.42 Å². The first-order valence-corrected chi connectivity index (χ1v) is 7.06. The molecule has 2 rings (SSSR count). The van der Waals surface area contributed by atoms with Gasteiger partial charge in [-0.05, 0) is 34.0 Å². The molecule has 0 aliphatic heterocycles. The Labute approximate surface area is 130 Å². The molecule has 1 aromatic heterocycles. The van der Waals surface area contributed by atoms with E-state index in [4.69, 9.17) is 4.74 Å². The van der Waals surface area contributed by atoms with E-state index in [9.17, 15) is 10.1 Å². The Morgan fingerprint density at radius 3 is 2.86 bits per heavy atom. The smallest absolute Gasteiger partial charge is 0.311 e. The monoisotopic (exact) mass is 351 g/mol. The number of para-hydroxylation sites is 1. The van der Waals surface area contributed by atoms with Gasteiger partial charge in [-0.15, -0.1) is 0 Å². The van der Waals surface area contributed by atoms with Crippen molar-refractivity contribution in [1.29, 1.82) is 0 Å². The molecule has 0 fully saturated rings. The van der Waals surface area contributed by atoms with Gasteiger partial charge in [0.2, 0.25) is 0 Å². The molecule has 1 aromatic carbocycles. The first-order chi connectivity index (χ1) is 10.1. The van der Waals surface area contributed by atoms with E-state index < -0.39 is 4.92 Å². The van der Waals surface area contributed by atoms with Gasteiger partial charge < -0.3 is 10.1 Å². The Morgan fingerprint density at radius 2 is 2.14 bits per heavy atom. The summed E-state index contributed by atoms with van der Waals surface area (Å²) >= 11 is 3.28. The molecular weight excluding hydrogens is 338 g/mol. The van der Waals surface area contributed by atoms with E-state index in [1.54, 1.807) is 7.11 Å². The Bertz CT molecular complexity index is 649. The second-order valence-electron chi connectivity index (χ2n) is 4.26. The fraction of sp³-hybridized carbons (Fsp3) is 0.214. The van der Waals surface area contributed by atoms with Crippen molar-refractivity contribution in [3.05, 3.63) is 56.8 Å². The van der Waals surface area contributed by atoms with E-state index in [1.807, 2.05) is 24.3 Å². The van der Waals surface area contributed by atoms with Crippen LogP contribution in [0.4, 0.5) is 11.4 Å². The molecule has 7 heteroatoms. The predicted octanol–water partition coefficient (Wildman–Crippen LogP) is 3.42. The standard InChI is InChI=1S/C14H14BrN3O3/c1-21-13-5-3-2-4-10(13)6-7-17-14-11(15)8-16-9-12(14)18(19)20/h2-5,8-9H,6-7H2,1H3,(H,16,17). The number of hydrogen-bond donors (Lipinski definition) is 1. The number of nitro groups is 1. The van der Waals surface area contributed by atoms with Gasteiger partial charge in [0.1, 0.15) is 17.6 Å². The molecule has 2 aromatic rings. The molecule has 0 aliphatic rings. The van der Waals surface area contributed by atoms with Crippen molar-refractivity contribution in [2.75, 3.05) is 19.0 Å². The van der Waals surface area contributed by atoms with Gasteiger partial charge in [0.25, 0.3) is 0 Å². The molecule has 0 amide bonds. The van der Waals surface area contributed by atoms with Crippen molar-refractivity contribution in [2.24, 2.45) is 0 Å². The van der Waals surface area contributed by atoms with Gasteiger partial charge >= 0.3 is 5.69 Å². The fourth-order valence-corrected chi connectivity index (χ4v) is 2.43. The molecule has 0 saturated carbocycles. The molecule has 0 bridgehead atoms. The Morgan fingerprint density at radius 1 is 1.38 bits per heavy atom. The van der Waals surface area contributed by atoms with Crippen LogP contribution >= 0.6 is 15.9 Å². The lowest BCUT2D eigenvalue weighted by molar-refractivity contribution is -0.384. The minimum absolute atomic E-state index is 0.0515. The lowest BCUT2D eigenvalue weighted by Gasteiger charge is -2.11. The zero-order chi connectivity index (χ0) is 15.2. The highest BCUT2D eigenvalue weighted by Gasteiger charge is 2.16. The van der Waals surface area contributed by atoms with Crippen LogP contribution in [-0.2, 0) is 6.42 Å². The minimum atomic E-state index is -0.455. The molecule has 0 unspecified atom stereocenters. The van der Waals surface area contributed by atoms with Crippen molar-refractivity contribution < 1.29 is 9.66 Å². The van der Waals surface area contributed by atoms with Crippen LogP contribution in [0.15, 0.2) is 41.1 Å². The average molecular weight is 352 g/mol. The van der Waals surface area contributed by atoms with E-state index in [0.717, 1.165) is 11.3 Å². The highest BCUT2D eigenvalue weighted by molar-refractivity contribution is 9.10. The van der Waals surface area contributed by atoms with Gasteiger partial charge in [-0.1, -0.05) is 18.2 Å². The largest absolute Gasteiger partial charge is 0.496 e. The van der Waals surface area contributed by atoms with Gasteiger partial charge in [-0.3, -0.25) is 15.1 Å². The second kappa shape index (κ2) is 7.03. The van der Waals surface area contributed by atoms with Crippen molar-refractivity contribution in [3.63, 3.8) is 0 Å². The second-order valence-corrected chi connectivity index (χ2v) is 5.12. The zero-order valence-corrected chi connectivity index (χ0v) is 13.0. The molecule has 0 radical (unpaired) electrons. The van der Waals surface area contributed by atoms with Crippen LogP contribution in [0.3, 0.4) is 0 Å². The van der Waals surface area contributed by atoms with E-state index in [2.05, 4.69) is 26.2 Å². The van der Waals surface area contributed by atoms with Gasteiger partial charge in [0, 0.05) is 12.7 Å². The van der Waals surface area contributed by atoms with Gasteiger partial charge in [-0.25, -0.2) is 0 Å². The Hall–Kier alpha value is -2.15. The number of pyridine rings is 1. The normalized spacial score (nSPS) is 10.2. The Kier molecular flexibility index (Phi) is 5.10. The maximum atomic E-state index is 11.0. The molecule has 1 heterocycles. The van der Waals surface area contributed by atoms with E-state index in [1.165, 1.54) is 12.4 Å². The molecule has 1 N–H and O–H groups in total. The lowest BCUT2D eigenvalue weighted by Crippen LogP contribution is -2.08. The number of nitrogens with zero attached hydrogens (tertiary/aromatic N) is 2.